The summed E-state index contributed by atoms with van der Waals surface area (Å²) in [6, 6.07) is 1.48. The number of aromatic nitrogens is 1. The lowest BCUT2D eigenvalue weighted by Gasteiger charge is -1.93. The van der Waals surface area contributed by atoms with Gasteiger partial charge in [-0.15, -0.1) is 0 Å². The largest absolute Gasteiger partial charge is 0.298 e. The molecule has 0 fully saturated rings. The quantitative estimate of drug-likeness (QED) is 0.405. The molecule has 0 saturated carbocycles. The summed E-state index contributed by atoms with van der Waals surface area (Å²) in [4.78, 5) is 17.2. The van der Waals surface area contributed by atoms with Crippen molar-refractivity contribution in [3.8, 4) is 0 Å². The summed E-state index contributed by atoms with van der Waals surface area (Å²) in [5.41, 5.74) is 0.772. The third-order valence-corrected chi connectivity index (χ3v) is 1.71. The van der Waals surface area contributed by atoms with E-state index in [1.807, 2.05) is 0 Å². The molecule has 4 heteroatoms. The molecule has 1 aromatic heterocycles. The van der Waals surface area contributed by atoms with Crippen LogP contribution >= 0.6 is 15.9 Å². The van der Waals surface area contributed by atoms with Crippen molar-refractivity contribution in [2.24, 2.45) is 0 Å². The van der Waals surface area contributed by atoms with Gasteiger partial charge in [0.05, 0.1) is 6.57 Å². The molecule has 0 saturated heterocycles. The standard InChI is InChI=1S/C7H3BrN2O/c1-9-6-2-5(4-11)3-10-7(6)8/h2-4H. The molecule has 0 aliphatic carbocycles. The van der Waals surface area contributed by atoms with Crippen LogP contribution in [0.25, 0.3) is 4.85 Å². The second-order valence-corrected chi connectivity index (χ2v) is 2.56. The lowest BCUT2D eigenvalue weighted by Crippen LogP contribution is -1.82. The van der Waals surface area contributed by atoms with Crippen LogP contribution in [0.4, 0.5) is 5.69 Å². The van der Waals surface area contributed by atoms with Gasteiger partial charge in [-0.3, -0.25) is 9.78 Å². The van der Waals surface area contributed by atoms with E-state index in [1.54, 1.807) is 0 Å². The maximum Gasteiger partial charge on any atom is 0.219 e. The maximum atomic E-state index is 10.2. The van der Waals surface area contributed by atoms with Crippen molar-refractivity contribution < 1.29 is 4.79 Å². The monoisotopic (exact) mass is 210 g/mol. The molecular formula is C7H3BrN2O. The number of pyridine rings is 1. The highest BCUT2D eigenvalue weighted by atomic mass is 79.9. The summed E-state index contributed by atoms with van der Waals surface area (Å²) in [7, 11) is 0. The van der Waals surface area contributed by atoms with Crippen LogP contribution in [-0.2, 0) is 0 Å². The molecule has 0 aliphatic rings. The number of hydrogen-bond acceptors (Lipinski definition) is 2. The van der Waals surface area contributed by atoms with Gasteiger partial charge in [-0.05, 0) is 22.0 Å². The van der Waals surface area contributed by atoms with Gasteiger partial charge in [0, 0.05) is 11.8 Å². The molecular weight excluding hydrogens is 208 g/mol. The van der Waals surface area contributed by atoms with Crippen LogP contribution in [0.5, 0.6) is 0 Å². The van der Waals surface area contributed by atoms with Gasteiger partial charge in [0.15, 0.2) is 0 Å². The molecule has 1 heterocycles. The summed E-state index contributed by atoms with van der Waals surface area (Å²) in [6.45, 7) is 6.70. The van der Waals surface area contributed by atoms with Crippen LogP contribution < -0.4 is 0 Å². The van der Waals surface area contributed by atoms with Crippen LogP contribution in [-0.4, -0.2) is 11.3 Å². The van der Waals surface area contributed by atoms with Gasteiger partial charge in [-0.2, -0.15) is 0 Å². The molecule has 0 bridgehead atoms. The van der Waals surface area contributed by atoms with Crippen LogP contribution in [0.2, 0.25) is 0 Å². The van der Waals surface area contributed by atoms with Crippen molar-refractivity contribution in [2.45, 2.75) is 0 Å². The first-order valence-electron chi connectivity index (χ1n) is 2.76. The van der Waals surface area contributed by atoms with E-state index in [0.29, 0.717) is 22.1 Å². The number of halogens is 1. The molecule has 0 amide bonds. The second-order valence-electron chi connectivity index (χ2n) is 1.81. The van der Waals surface area contributed by atoms with Crippen LogP contribution in [0.1, 0.15) is 10.4 Å². The van der Waals surface area contributed by atoms with Crippen molar-refractivity contribution in [3.05, 3.63) is 33.8 Å². The molecule has 54 valence electrons. The predicted octanol–water partition coefficient (Wildman–Crippen LogP) is 2.21. The topological polar surface area (TPSA) is 34.3 Å². The predicted molar refractivity (Wildman–Crippen MR) is 43.6 cm³/mol. The Labute approximate surface area is 72.0 Å². The fourth-order valence-electron chi connectivity index (χ4n) is 0.595. The third kappa shape index (κ3) is 1.63. The average molecular weight is 211 g/mol. The second kappa shape index (κ2) is 3.26. The van der Waals surface area contributed by atoms with Gasteiger partial charge in [-0.25, -0.2) is 4.85 Å². The molecule has 1 aromatic rings. The van der Waals surface area contributed by atoms with Gasteiger partial charge in [-0.1, -0.05) is 0 Å². The molecule has 0 atom stereocenters. The fourth-order valence-corrected chi connectivity index (χ4v) is 0.900. The van der Waals surface area contributed by atoms with Crippen LogP contribution in [0, 0.1) is 6.57 Å². The number of hydrogen-bond donors (Lipinski definition) is 0. The van der Waals surface area contributed by atoms with Gasteiger partial charge in [0.25, 0.3) is 0 Å². The minimum atomic E-state index is 0.356. The summed E-state index contributed by atoms with van der Waals surface area (Å²) < 4.78 is 0.470. The number of nitrogens with zero attached hydrogens (tertiary/aromatic N) is 2. The molecule has 0 radical (unpaired) electrons. The highest BCUT2D eigenvalue weighted by Gasteiger charge is 2.00. The van der Waals surface area contributed by atoms with E-state index in [-0.39, 0.29) is 0 Å². The van der Waals surface area contributed by atoms with Gasteiger partial charge < -0.3 is 0 Å². The highest BCUT2D eigenvalue weighted by Crippen LogP contribution is 2.22. The molecule has 0 unspecified atom stereocenters. The maximum absolute atomic E-state index is 10.2. The van der Waals surface area contributed by atoms with E-state index in [4.69, 9.17) is 6.57 Å². The van der Waals surface area contributed by atoms with E-state index in [9.17, 15) is 4.79 Å². The summed E-state index contributed by atoms with van der Waals surface area (Å²) >= 11 is 3.08. The molecule has 1 rings (SSSR count). The minimum Gasteiger partial charge on any atom is -0.298 e. The molecule has 0 N–H and O–H groups in total. The van der Waals surface area contributed by atoms with E-state index in [1.165, 1.54) is 12.3 Å². The Bertz CT molecular complexity index is 330. The molecule has 3 nitrogen and oxygen atoms in total. The normalized spacial score (nSPS) is 8.73. The lowest BCUT2D eigenvalue weighted by molar-refractivity contribution is 0.112. The first-order chi connectivity index (χ1) is 5.27. The Hall–Kier alpha value is -1.21. The molecule has 0 aromatic carbocycles. The van der Waals surface area contributed by atoms with Crippen LogP contribution in [0.15, 0.2) is 16.9 Å². The number of carbonyl (C=O) groups is 1. The Morgan fingerprint density at radius 1 is 1.73 bits per heavy atom. The van der Waals surface area contributed by atoms with E-state index < -0.39 is 0 Å². The number of aldehydes is 1. The Morgan fingerprint density at radius 2 is 2.45 bits per heavy atom. The van der Waals surface area contributed by atoms with Gasteiger partial charge in [0.2, 0.25) is 5.69 Å². The summed E-state index contributed by atoms with van der Waals surface area (Å²) in [5.74, 6) is 0. The number of rotatable bonds is 1. The first-order valence-corrected chi connectivity index (χ1v) is 3.55. The Kier molecular flexibility index (Phi) is 2.34. The van der Waals surface area contributed by atoms with E-state index in [0.717, 1.165) is 0 Å². The van der Waals surface area contributed by atoms with E-state index >= 15 is 0 Å². The number of carbonyl (C=O) groups excluding carboxylic acids is 1. The lowest BCUT2D eigenvalue weighted by atomic mass is 10.3. The molecule has 0 spiro atoms. The summed E-state index contributed by atoms with van der Waals surface area (Å²) in [6.07, 6.45) is 2.07. The first kappa shape index (κ1) is 7.89. The average Bonchev–Trinajstić information content (AvgIpc) is 2.05. The van der Waals surface area contributed by atoms with Crippen LogP contribution in [0.3, 0.4) is 0 Å². The molecule has 0 aliphatic heterocycles. The van der Waals surface area contributed by atoms with Crippen molar-refractivity contribution in [3.63, 3.8) is 0 Å². The third-order valence-electron chi connectivity index (χ3n) is 1.10. The van der Waals surface area contributed by atoms with Crippen molar-refractivity contribution in [1.29, 1.82) is 0 Å². The van der Waals surface area contributed by atoms with Crippen molar-refractivity contribution in [1.82, 2.24) is 4.98 Å². The van der Waals surface area contributed by atoms with Crippen molar-refractivity contribution >= 4 is 27.9 Å². The highest BCUT2D eigenvalue weighted by molar-refractivity contribution is 9.10. The fraction of sp³-hybridized carbons (Fsp3) is 0. The zero-order chi connectivity index (χ0) is 8.27. The van der Waals surface area contributed by atoms with Crippen molar-refractivity contribution in [2.75, 3.05) is 0 Å². The van der Waals surface area contributed by atoms with Gasteiger partial charge >= 0.3 is 0 Å². The molecule has 11 heavy (non-hydrogen) atoms. The summed E-state index contributed by atoms with van der Waals surface area (Å²) in [5, 5.41) is 0. The van der Waals surface area contributed by atoms with Gasteiger partial charge in [0.1, 0.15) is 10.9 Å². The smallest absolute Gasteiger partial charge is 0.219 e. The Morgan fingerprint density at radius 3 is 3.00 bits per heavy atom. The zero-order valence-corrected chi connectivity index (χ0v) is 7.00. The zero-order valence-electron chi connectivity index (χ0n) is 5.41. The van der Waals surface area contributed by atoms with E-state index in [2.05, 4.69) is 25.8 Å². The Balaban J connectivity index is 3.25. The minimum absolute atomic E-state index is 0.356. The SMILES string of the molecule is [C-]#[N+]c1cc(C=O)cnc1Br.